The minimum Gasteiger partial charge on any atom is -0.542 e. The van der Waals surface area contributed by atoms with E-state index in [4.69, 9.17) is 9.90 Å². The van der Waals surface area contributed by atoms with E-state index in [1.165, 1.54) is 32.2 Å². The summed E-state index contributed by atoms with van der Waals surface area (Å²) >= 11 is 1.81. The van der Waals surface area contributed by atoms with E-state index in [9.17, 15) is 13.2 Å². The van der Waals surface area contributed by atoms with Gasteiger partial charge in [0.25, 0.3) is 0 Å². The van der Waals surface area contributed by atoms with Crippen LogP contribution in [0, 0.1) is 0 Å². The molecule has 0 aromatic heterocycles. The second-order valence-corrected chi connectivity index (χ2v) is 5.89. The van der Waals surface area contributed by atoms with Crippen LogP contribution < -0.4 is 10.1 Å². The van der Waals surface area contributed by atoms with Crippen molar-refractivity contribution < 1.29 is 28.1 Å². The highest BCUT2D eigenvalue weighted by Gasteiger charge is 2.28. The lowest BCUT2D eigenvalue weighted by Gasteiger charge is -2.03. The first kappa shape index (κ1) is 16.2. The maximum absolute atomic E-state index is 10.5. The van der Waals surface area contributed by atoms with E-state index in [1.807, 2.05) is 0 Å². The molecule has 4 rings (SSSR count). The zero-order valence-corrected chi connectivity index (χ0v) is 12.9. The van der Waals surface area contributed by atoms with E-state index in [-0.39, 0.29) is 0 Å². The molecule has 0 amide bonds. The second kappa shape index (κ2) is 6.09. The van der Waals surface area contributed by atoms with Gasteiger partial charge in [0.2, 0.25) is 11.2 Å². The van der Waals surface area contributed by atoms with E-state index in [0.29, 0.717) is 0 Å². The molecule has 122 valence electrons. The molecule has 0 radical (unpaired) electrons. The molecule has 0 spiro atoms. The Morgan fingerprint density at radius 1 is 1.00 bits per heavy atom. The Morgan fingerprint density at radius 2 is 1.58 bits per heavy atom. The van der Waals surface area contributed by atoms with Crippen LogP contribution in [0.15, 0.2) is 53.9 Å². The molecule has 2 heterocycles. The summed E-state index contributed by atoms with van der Waals surface area (Å²) < 4.78 is 32.9. The third kappa shape index (κ3) is 3.03. The highest BCUT2D eigenvalue weighted by Crippen LogP contribution is 2.35. The van der Waals surface area contributed by atoms with Gasteiger partial charge < -0.3 is 9.90 Å². The summed E-state index contributed by atoms with van der Waals surface area (Å²) in [6.45, 7) is 0. The number of rotatable bonds is 0. The van der Waals surface area contributed by atoms with Crippen molar-refractivity contribution in [1.29, 1.82) is 0 Å². The number of para-hydroxylation sites is 1. The van der Waals surface area contributed by atoms with Gasteiger partial charge in [0.1, 0.15) is 5.97 Å². The van der Waals surface area contributed by atoms with Crippen molar-refractivity contribution in [2.45, 2.75) is 6.18 Å². The van der Waals surface area contributed by atoms with Crippen LogP contribution in [0.25, 0.3) is 32.2 Å². The predicted octanol–water partition coefficient (Wildman–Crippen LogP) is 3.27. The molecule has 0 fully saturated rings. The molecule has 0 atom stereocenters. The molecule has 0 unspecified atom stereocenters. The largest absolute Gasteiger partial charge is 0.542 e. The zero-order valence-electron chi connectivity index (χ0n) is 12.1. The monoisotopic (exact) mass is 349 g/mol. The Bertz CT molecular complexity index is 994. The van der Waals surface area contributed by atoms with Crippen molar-refractivity contribution in [3.63, 3.8) is 0 Å². The zero-order chi connectivity index (χ0) is 17.3. The van der Waals surface area contributed by atoms with E-state index in [0.717, 1.165) is 0 Å². The van der Waals surface area contributed by atoms with Crippen molar-refractivity contribution in [2.24, 2.45) is 0 Å². The summed E-state index contributed by atoms with van der Waals surface area (Å²) in [6, 6.07) is 17.0. The van der Waals surface area contributed by atoms with Gasteiger partial charge in [0.05, 0.1) is 16.3 Å². The molecule has 0 aliphatic carbocycles. The molecule has 2 aliphatic heterocycles. The standard InChI is InChI=1S/C15H9NS.C2HF3O2/c1-3-7-13-10(5-1)12-9-17-14-8-4-2-6-11(14)15(12)16-13;3-2(4,5)1(6)7/h1-9H;(H,6,7). The average Bonchev–Trinajstić information content (AvgIpc) is 2.93. The Kier molecular flexibility index (Phi) is 4.11. The number of hydrogen-bond donors (Lipinski definition) is 0. The number of aliphatic carboxylic acids is 1. The van der Waals surface area contributed by atoms with Gasteiger partial charge in [-0.1, -0.05) is 24.3 Å². The average molecular weight is 349 g/mol. The van der Waals surface area contributed by atoms with E-state index < -0.39 is 12.1 Å². The third-order valence-electron chi connectivity index (χ3n) is 3.44. The number of aromatic amines is 1. The molecular weight excluding hydrogens is 339 g/mol. The van der Waals surface area contributed by atoms with Crippen LogP contribution in [0.1, 0.15) is 0 Å². The van der Waals surface area contributed by atoms with Gasteiger partial charge >= 0.3 is 6.18 Å². The number of hydrogen-bond acceptors (Lipinski definition) is 3. The molecule has 3 nitrogen and oxygen atoms in total. The fourth-order valence-electron chi connectivity index (χ4n) is 2.40. The molecule has 0 saturated carbocycles. The van der Waals surface area contributed by atoms with Gasteiger partial charge in [-0.05, 0) is 18.2 Å². The van der Waals surface area contributed by atoms with Crippen LogP contribution in [0.5, 0.6) is 0 Å². The molecular formula is C17H10F3NO2S. The number of carboxylic acids is 1. The Balaban J connectivity index is 0.000000209. The summed E-state index contributed by atoms with van der Waals surface area (Å²) in [4.78, 5) is 12.3. The molecule has 2 aromatic rings. The molecule has 2 aromatic carbocycles. The minimum absolute atomic E-state index is 1.21. The molecule has 7 heteroatoms. The van der Waals surface area contributed by atoms with Gasteiger partial charge in [-0.2, -0.15) is 13.2 Å². The number of benzene rings is 2. The Morgan fingerprint density at radius 3 is 2.25 bits per heavy atom. The van der Waals surface area contributed by atoms with Gasteiger partial charge in [-0.15, -0.1) is 11.3 Å². The normalized spacial score (nSPS) is 11.5. The van der Waals surface area contributed by atoms with Crippen molar-refractivity contribution >= 4 is 38.3 Å². The number of H-pyrrole nitrogens is 1. The van der Waals surface area contributed by atoms with Gasteiger partial charge in [-0.25, -0.2) is 4.98 Å². The summed E-state index contributed by atoms with van der Waals surface area (Å²) in [7, 11) is 0. The number of carbonyl (C=O) groups is 1. The van der Waals surface area contributed by atoms with Crippen LogP contribution in [0.2, 0.25) is 0 Å². The number of alkyl halides is 3. The van der Waals surface area contributed by atoms with Crippen LogP contribution in [-0.2, 0) is 4.79 Å². The fraction of sp³-hybridized carbons (Fsp3) is 0.0588. The lowest BCUT2D eigenvalue weighted by Crippen LogP contribution is -2.37. The van der Waals surface area contributed by atoms with Gasteiger partial charge in [-0.3, -0.25) is 0 Å². The van der Waals surface area contributed by atoms with Crippen LogP contribution in [0.3, 0.4) is 0 Å². The Labute approximate surface area is 138 Å². The third-order valence-corrected chi connectivity index (χ3v) is 4.40. The number of halogens is 3. The molecule has 0 saturated heterocycles. The summed E-state index contributed by atoms with van der Waals surface area (Å²) in [5.41, 5.74) is 3.79. The first-order chi connectivity index (χ1) is 11.4. The summed E-state index contributed by atoms with van der Waals surface area (Å²) in [5.74, 6) is -3.01. The number of aromatic nitrogens is 1. The second-order valence-electron chi connectivity index (χ2n) is 4.98. The molecule has 2 aliphatic rings. The summed E-state index contributed by atoms with van der Waals surface area (Å²) in [6.07, 6.45) is -5.19. The van der Waals surface area contributed by atoms with Crippen LogP contribution in [0.4, 0.5) is 13.2 Å². The highest BCUT2D eigenvalue weighted by atomic mass is 32.1. The maximum atomic E-state index is 10.5. The Hall–Kier alpha value is -2.67. The topological polar surface area (TPSA) is 54.3 Å². The van der Waals surface area contributed by atoms with Crippen LogP contribution >= 0.6 is 11.3 Å². The highest BCUT2D eigenvalue weighted by molar-refractivity contribution is 7.17. The molecule has 1 N–H and O–H groups in total. The lowest BCUT2D eigenvalue weighted by atomic mass is 10.1. The number of nitrogens with one attached hydrogen (secondary N) is 1. The van der Waals surface area contributed by atoms with E-state index in [1.54, 1.807) is 11.3 Å². The summed E-state index contributed by atoms with van der Waals surface area (Å²) in [5, 5.41) is 13.7. The quantitative estimate of drug-likeness (QED) is 0.489. The van der Waals surface area contributed by atoms with Gasteiger partial charge in [0, 0.05) is 16.1 Å². The first-order valence-corrected chi connectivity index (χ1v) is 7.74. The van der Waals surface area contributed by atoms with Gasteiger partial charge in [0.15, 0.2) is 0 Å². The molecule has 24 heavy (non-hydrogen) atoms. The van der Waals surface area contributed by atoms with E-state index >= 15 is 0 Å². The van der Waals surface area contributed by atoms with Crippen molar-refractivity contribution in [3.05, 3.63) is 53.9 Å². The van der Waals surface area contributed by atoms with Crippen molar-refractivity contribution in [2.75, 3.05) is 0 Å². The van der Waals surface area contributed by atoms with Crippen LogP contribution in [-0.4, -0.2) is 12.1 Å². The number of carbonyl (C=O) groups excluding carboxylic acids is 1. The van der Waals surface area contributed by atoms with Crippen molar-refractivity contribution in [3.8, 4) is 11.3 Å². The lowest BCUT2D eigenvalue weighted by molar-refractivity contribution is -0.344. The number of carboxylic acid groups (broad SMARTS) is 1. The smallest absolute Gasteiger partial charge is 0.430 e. The van der Waals surface area contributed by atoms with E-state index in [2.05, 4.69) is 58.9 Å². The maximum Gasteiger partial charge on any atom is 0.430 e. The number of fused-ring (bicyclic) bond motifs is 5. The van der Waals surface area contributed by atoms with Crippen molar-refractivity contribution in [1.82, 2.24) is 0 Å². The first-order valence-electron chi connectivity index (χ1n) is 6.86. The SMILES string of the molecule is O=C([O-])C(F)(F)F.c1ccc2c3csc4ccccc4c-3[nH+]c2c1. The molecule has 0 bridgehead atoms. The fourth-order valence-corrected chi connectivity index (χ4v) is 3.34. The minimum atomic E-state index is -5.19. The predicted molar refractivity (Wildman–Crippen MR) is 83.6 cm³/mol.